The number of halogens is 1. The van der Waals surface area contributed by atoms with Gasteiger partial charge in [0.1, 0.15) is 5.82 Å². The van der Waals surface area contributed by atoms with E-state index in [1.54, 1.807) is 32.0 Å². The van der Waals surface area contributed by atoms with Crippen LogP contribution in [0.15, 0.2) is 24.3 Å². The number of hydrogen-bond acceptors (Lipinski definition) is 3. The second kappa shape index (κ2) is 5.36. The van der Waals surface area contributed by atoms with Crippen molar-refractivity contribution < 1.29 is 12.8 Å². The molecule has 0 saturated carbocycles. The average molecular weight is 273 g/mol. The van der Waals surface area contributed by atoms with Crippen LogP contribution in [0.5, 0.6) is 0 Å². The van der Waals surface area contributed by atoms with Gasteiger partial charge in [-0.2, -0.15) is 0 Å². The maximum absolute atomic E-state index is 13.8. The zero-order valence-electron chi connectivity index (χ0n) is 11.2. The van der Waals surface area contributed by atoms with Gasteiger partial charge in [0, 0.05) is 11.8 Å². The summed E-state index contributed by atoms with van der Waals surface area (Å²) >= 11 is 0. The Kier molecular flexibility index (Phi) is 4.50. The highest BCUT2D eigenvalue weighted by molar-refractivity contribution is 7.92. The summed E-state index contributed by atoms with van der Waals surface area (Å²) in [6, 6.07) is 5.70. The Morgan fingerprint density at radius 3 is 2.33 bits per heavy atom. The van der Waals surface area contributed by atoms with E-state index in [2.05, 4.69) is 5.32 Å². The second-order valence-corrected chi connectivity index (χ2v) is 7.48. The Morgan fingerprint density at radius 2 is 1.89 bits per heavy atom. The Hall–Kier alpha value is -0.940. The summed E-state index contributed by atoms with van der Waals surface area (Å²) in [5.41, 5.74) is 0.384. The molecule has 0 aliphatic rings. The van der Waals surface area contributed by atoms with Crippen molar-refractivity contribution >= 4 is 9.84 Å². The second-order valence-electron chi connectivity index (χ2n) is 4.89. The number of hydrogen-bond donors (Lipinski definition) is 1. The van der Waals surface area contributed by atoms with Gasteiger partial charge >= 0.3 is 0 Å². The monoisotopic (exact) mass is 273 g/mol. The van der Waals surface area contributed by atoms with Crippen LogP contribution in [0.3, 0.4) is 0 Å². The first-order valence-corrected chi connectivity index (χ1v) is 7.78. The van der Waals surface area contributed by atoms with Gasteiger partial charge in [0.2, 0.25) is 0 Å². The summed E-state index contributed by atoms with van der Waals surface area (Å²) in [4.78, 5) is 0. The van der Waals surface area contributed by atoms with E-state index in [4.69, 9.17) is 0 Å². The highest BCUT2D eigenvalue weighted by Crippen LogP contribution is 2.33. The van der Waals surface area contributed by atoms with Crippen molar-refractivity contribution in [2.45, 2.75) is 31.6 Å². The number of benzene rings is 1. The van der Waals surface area contributed by atoms with Gasteiger partial charge < -0.3 is 5.32 Å². The fraction of sp³-hybridized carbons (Fsp3) is 0.538. The third kappa shape index (κ3) is 2.90. The molecule has 18 heavy (non-hydrogen) atoms. The van der Waals surface area contributed by atoms with Gasteiger partial charge in [0.25, 0.3) is 0 Å². The Morgan fingerprint density at radius 1 is 1.33 bits per heavy atom. The molecule has 1 rings (SSSR count). The third-order valence-corrected chi connectivity index (χ3v) is 5.42. The van der Waals surface area contributed by atoms with E-state index in [9.17, 15) is 12.8 Å². The lowest BCUT2D eigenvalue weighted by molar-refractivity contribution is 0.414. The zero-order chi connectivity index (χ0) is 14.0. The molecule has 0 fully saturated rings. The number of sulfone groups is 1. The average Bonchev–Trinajstić information content (AvgIpc) is 2.25. The molecule has 1 aromatic rings. The quantitative estimate of drug-likeness (QED) is 0.895. The van der Waals surface area contributed by atoms with Gasteiger partial charge in [0.05, 0.1) is 10.8 Å². The minimum absolute atomic E-state index is 0.384. The molecule has 5 heteroatoms. The summed E-state index contributed by atoms with van der Waals surface area (Å²) < 4.78 is 36.6. The van der Waals surface area contributed by atoms with Gasteiger partial charge in [-0.15, -0.1) is 0 Å². The molecule has 0 amide bonds. The van der Waals surface area contributed by atoms with Gasteiger partial charge in [-0.25, -0.2) is 12.8 Å². The van der Waals surface area contributed by atoms with E-state index in [0.717, 1.165) is 0 Å². The van der Waals surface area contributed by atoms with Crippen LogP contribution in [0.1, 0.15) is 32.4 Å². The van der Waals surface area contributed by atoms with Crippen molar-refractivity contribution in [3.8, 4) is 0 Å². The number of nitrogens with one attached hydrogen (secondary N) is 1. The Labute approximate surface area is 108 Å². The van der Waals surface area contributed by atoms with Crippen LogP contribution in [0.25, 0.3) is 0 Å². The van der Waals surface area contributed by atoms with Crippen LogP contribution in [0.2, 0.25) is 0 Å². The van der Waals surface area contributed by atoms with E-state index in [0.29, 0.717) is 12.1 Å². The van der Waals surface area contributed by atoms with Crippen molar-refractivity contribution in [1.82, 2.24) is 5.32 Å². The molecular formula is C13H20FNO2S. The van der Waals surface area contributed by atoms with Gasteiger partial charge in [0.15, 0.2) is 9.84 Å². The van der Waals surface area contributed by atoms with Crippen molar-refractivity contribution in [1.29, 1.82) is 0 Å². The molecule has 1 unspecified atom stereocenters. The van der Waals surface area contributed by atoms with Gasteiger partial charge in [-0.3, -0.25) is 0 Å². The Bertz CT molecular complexity index is 511. The van der Waals surface area contributed by atoms with Gasteiger partial charge in [-0.05, 0) is 26.5 Å². The molecule has 0 aliphatic carbocycles. The molecule has 0 bridgehead atoms. The van der Waals surface area contributed by atoms with Crippen molar-refractivity contribution in [3.63, 3.8) is 0 Å². The lowest BCUT2D eigenvalue weighted by Crippen LogP contribution is -2.45. The van der Waals surface area contributed by atoms with Crippen LogP contribution in [-0.2, 0) is 9.84 Å². The maximum Gasteiger partial charge on any atom is 0.154 e. The maximum atomic E-state index is 13.8. The lowest BCUT2D eigenvalue weighted by atomic mass is 9.94. The van der Waals surface area contributed by atoms with Crippen molar-refractivity contribution in [2.24, 2.45) is 0 Å². The van der Waals surface area contributed by atoms with Crippen LogP contribution in [0, 0.1) is 5.82 Å². The van der Waals surface area contributed by atoms with E-state index in [1.807, 2.05) is 6.92 Å². The first-order chi connectivity index (χ1) is 8.21. The summed E-state index contributed by atoms with van der Waals surface area (Å²) in [6.45, 7) is 5.66. The summed E-state index contributed by atoms with van der Waals surface area (Å²) in [5, 5.41) is 3.07. The highest BCUT2D eigenvalue weighted by Gasteiger charge is 2.40. The normalized spacial score (nSPS) is 14.5. The van der Waals surface area contributed by atoms with Crippen molar-refractivity contribution in [3.05, 3.63) is 35.6 Å². The SMILES string of the molecule is CCNC(c1ccccc1F)C(C)(C)S(C)(=O)=O. The molecule has 0 spiro atoms. The molecule has 0 aliphatic heterocycles. The zero-order valence-corrected chi connectivity index (χ0v) is 12.0. The topological polar surface area (TPSA) is 46.2 Å². The first-order valence-electron chi connectivity index (χ1n) is 5.89. The first kappa shape index (κ1) is 15.1. The van der Waals surface area contributed by atoms with Crippen LogP contribution in [-0.4, -0.2) is 26.0 Å². The summed E-state index contributed by atoms with van der Waals surface area (Å²) in [6.07, 6.45) is 1.18. The molecule has 1 N–H and O–H groups in total. The summed E-state index contributed by atoms with van der Waals surface area (Å²) in [5.74, 6) is -0.389. The molecule has 0 radical (unpaired) electrons. The molecule has 1 atom stereocenters. The fourth-order valence-electron chi connectivity index (χ4n) is 1.86. The predicted octanol–water partition coefficient (Wildman–Crippen LogP) is 2.30. The minimum atomic E-state index is -3.32. The predicted molar refractivity (Wildman–Crippen MR) is 71.7 cm³/mol. The van der Waals surface area contributed by atoms with Crippen LogP contribution < -0.4 is 5.32 Å². The molecule has 102 valence electrons. The molecule has 1 aromatic carbocycles. The molecule has 0 heterocycles. The summed E-state index contributed by atoms with van der Waals surface area (Å²) in [7, 11) is -3.32. The highest BCUT2D eigenvalue weighted by atomic mass is 32.2. The third-order valence-electron chi connectivity index (χ3n) is 3.28. The van der Waals surface area contributed by atoms with E-state index >= 15 is 0 Å². The largest absolute Gasteiger partial charge is 0.309 e. The molecular weight excluding hydrogens is 253 g/mol. The molecule has 0 saturated heterocycles. The van der Waals surface area contributed by atoms with Crippen LogP contribution >= 0.6 is 0 Å². The number of rotatable bonds is 5. The standard InChI is InChI=1S/C13H20FNO2S/c1-5-15-12(13(2,3)18(4,16)17)10-8-6-7-9-11(10)14/h6-9,12,15H,5H2,1-4H3. The minimum Gasteiger partial charge on any atom is -0.309 e. The van der Waals surface area contributed by atoms with E-state index in [1.165, 1.54) is 12.3 Å². The molecule has 0 aromatic heterocycles. The smallest absolute Gasteiger partial charge is 0.154 e. The van der Waals surface area contributed by atoms with E-state index < -0.39 is 20.6 Å². The van der Waals surface area contributed by atoms with Crippen molar-refractivity contribution in [2.75, 3.05) is 12.8 Å². The van der Waals surface area contributed by atoms with Gasteiger partial charge in [-0.1, -0.05) is 25.1 Å². The molecule has 3 nitrogen and oxygen atoms in total. The fourth-order valence-corrected chi connectivity index (χ4v) is 2.50. The lowest BCUT2D eigenvalue weighted by Gasteiger charge is -2.33. The van der Waals surface area contributed by atoms with Crippen LogP contribution in [0.4, 0.5) is 4.39 Å². The Balaban J connectivity index is 3.32. The van der Waals surface area contributed by atoms with E-state index in [-0.39, 0.29) is 5.82 Å².